The van der Waals surface area contributed by atoms with Crippen LogP contribution in [0.2, 0.25) is 0 Å². The second kappa shape index (κ2) is 8.09. The van der Waals surface area contributed by atoms with E-state index in [1.165, 1.54) is 35.5 Å². The van der Waals surface area contributed by atoms with Crippen molar-refractivity contribution in [1.82, 2.24) is 0 Å². The van der Waals surface area contributed by atoms with Gasteiger partial charge in [-0.15, -0.1) is 0 Å². The van der Waals surface area contributed by atoms with Gasteiger partial charge in [-0.05, 0) is 55.3 Å². The number of aryl methyl sites for hydroxylation is 1. The molecule has 1 aliphatic heterocycles. The first-order valence-corrected chi connectivity index (χ1v) is 9.17. The average molecular weight is 323 g/mol. The first-order chi connectivity index (χ1) is 11.8. The lowest BCUT2D eigenvalue weighted by Crippen LogP contribution is -2.46. The van der Waals surface area contributed by atoms with E-state index in [1.807, 2.05) is 0 Å². The molecule has 2 aromatic rings. The first kappa shape index (κ1) is 16.7. The maximum absolute atomic E-state index is 3.48. The zero-order valence-electron chi connectivity index (χ0n) is 15.0. The predicted octanol–water partition coefficient (Wildman–Crippen LogP) is 4.53. The van der Waals surface area contributed by atoms with E-state index in [2.05, 4.69) is 77.5 Å². The number of piperazine rings is 1. The smallest absolute Gasteiger partial charge is 0.0370 e. The van der Waals surface area contributed by atoms with E-state index >= 15 is 0 Å². The van der Waals surface area contributed by atoms with E-state index in [4.69, 9.17) is 0 Å². The quantitative estimate of drug-likeness (QED) is 0.788. The minimum atomic E-state index is 1.06. The van der Waals surface area contributed by atoms with Crippen molar-refractivity contribution in [2.75, 3.05) is 47.8 Å². The van der Waals surface area contributed by atoms with Crippen molar-refractivity contribution in [3.05, 3.63) is 54.1 Å². The number of anilines is 3. The molecule has 0 spiro atoms. The van der Waals surface area contributed by atoms with Crippen molar-refractivity contribution in [3.8, 4) is 0 Å². The molecule has 2 aromatic carbocycles. The van der Waals surface area contributed by atoms with Crippen molar-refractivity contribution in [2.24, 2.45) is 0 Å². The molecule has 0 aromatic heterocycles. The standard InChI is InChI=1S/C21H29N3/c1-3-4-12-22-19-8-10-20(11-9-19)23-13-15-24(16-14-23)21-7-5-6-18(2)17-21/h5-11,17,22H,3-4,12-16H2,1-2H3. The molecular weight excluding hydrogens is 294 g/mol. The molecule has 3 rings (SSSR count). The van der Waals surface area contributed by atoms with E-state index in [9.17, 15) is 0 Å². The summed E-state index contributed by atoms with van der Waals surface area (Å²) in [4.78, 5) is 4.98. The van der Waals surface area contributed by atoms with Crippen LogP contribution in [0.1, 0.15) is 25.3 Å². The number of nitrogens with zero attached hydrogens (tertiary/aromatic N) is 2. The van der Waals surface area contributed by atoms with E-state index in [1.54, 1.807) is 0 Å². The fourth-order valence-corrected chi connectivity index (χ4v) is 3.25. The van der Waals surface area contributed by atoms with Crippen LogP contribution < -0.4 is 15.1 Å². The molecule has 0 unspecified atom stereocenters. The lowest BCUT2D eigenvalue weighted by molar-refractivity contribution is 0.653. The van der Waals surface area contributed by atoms with Gasteiger partial charge in [-0.25, -0.2) is 0 Å². The third kappa shape index (κ3) is 4.22. The Morgan fingerprint density at radius 1 is 0.875 bits per heavy atom. The maximum Gasteiger partial charge on any atom is 0.0370 e. The van der Waals surface area contributed by atoms with Crippen molar-refractivity contribution in [3.63, 3.8) is 0 Å². The van der Waals surface area contributed by atoms with Crippen molar-refractivity contribution < 1.29 is 0 Å². The Hall–Kier alpha value is -2.16. The molecule has 0 radical (unpaired) electrons. The predicted molar refractivity (Wildman–Crippen MR) is 105 cm³/mol. The van der Waals surface area contributed by atoms with Crippen LogP contribution in [0.5, 0.6) is 0 Å². The zero-order valence-corrected chi connectivity index (χ0v) is 15.0. The molecule has 0 aliphatic carbocycles. The molecule has 0 bridgehead atoms. The molecule has 1 aliphatic rings. The van der Waals surface area contributed by atoms with Crippen LogP contribution in [0.4, 0.5) is 17.1 Å². The highest BCUT2D eigenvalue weighted by atomic mass is 15.3. The summed E-state index contributed by atoms with van der Waals surface area (Å²) in [6, 6.07) is 17.7. The highest BCUT2D eigenvalue weighted by Gasteiger charge is 2.17. The summed E-state index contributed by atoms with van der Waals surface area (Å²) in [6.45, 7) is 9.77. The molecule has 1 saturated heterocycles. The van der Waals surface area contributed by atoms with E-state index in [-0.39, 0.29) is 0 Å². The second-order valence-corrected chi connectivity index (χ2v) is 6.64. The van der Waals surface area contributed by atoms with E-state index in [0.29, 0.717) is 0 Å². The second-order valence-electron chi connectivity index (χ2n) is 6.64. The van der Waals surface area contributed by atoms with E-state index in [0.717, 1.165) is 32.7 Å². The molecule has 0 atom stereocenters. The molecule has 128 valence electrons. The summed E-state index contributed by atoms with van der Waals surface area (Å²) < 4.78 is 0. The lowest BCUT2D eigenvalue weighted by Gasteiger charge is -2.37. The molecule has 0 saturated carbocycles. The van der Waals surface area contributed by atoms with E-state index < -0.39 is 0 Å². The Balaban J connectivity index is 1.54. The monoisotopic (exact) mass is 323 g/mol. The van der Waals surface area contributed by atoms with Crippen LogP contribution in [-0.2, 0) is 0 Å². The van der Waals surface area contributed by atoms with Gasteiger partial charge in [-0.2, -0.15) is 0 Å². The fraction of sp³-hybridized carbons (Fsp3) is 0.429. The number of hydrogen-bond acceptors (Lipinski definition) is 3. The molecule has 1 fully saturated rings. The summed E-state index contributed by atoms with van der Waals surface area (Å²) in [5, 5.41) is 3.48. The summed E-state index contributed by atoms with van der Waals surface area (Å²) in [6.07, 6.45) is 2.46. The molecule has 24 heavy (non-hydrogen) atoms. The molecule has 3 heteroatoms. The van der Waals surface area contributed by atoms with Crippen LogP contribution >= 0.6 is 0 Å². The molecule has 3 nitrogen and oxygen atoms in total. The van der Waals surface area contributed by atoms with Gasteiger partial charge < -0.3 is 15.1 Å². The van der Waals surface area contributed by atoms with Crippen molar-refractivity contribution in [1.29, 1.82) is 0 Å². The van der Waals surface area contributed by atoms with Gasteiger partial charge in [0.05, 0.1) is 0 Å². The number of benzene rings is 2. The third-order valence-electron chi connectivity index (χ3n) is 4.74. The first-order valence-electron chi connectivity index (χ1n) is 9.17. The minimum Gasteiger partial charge on any atom is -0.385 e. The maximum atomic E-state index is 3.48. The van der Waals surface area contributed by atoms with Crippen LogP contribution in [0.15, 0.2) is 48.5 Å². The molecule has 1 N–H and O–H groups in total. The van der Waals surface area contributed by atoms with Crippen molar-refractivity contribution >= 4 is 17.1 Å². The van der Waals surface area contributed by atoms with Gasteiger partial charge >= 0.3 is 0 Å². The van der Waals surface area contributed by atoms with Gasteiger partial charge in [0.15, 0.2) is 0 Å². The fourth-order valence-electron chi connectivity index (χ4n) is 3.25. The van der Waals surface area contributed by atoms with Crippen LogP contribution in [0, 0.1) is 6.92 Å². The van der Waals surface area contributed by atoms with Gasteiger partial charge in [0.25, 0.3) is 0 Å². The van der Waals surface area contributed by atoms with Gasteiger partial charge in [0.1, 0.15) is 0 Å². The Morgan fingerprint density at radius 3 is 2.17 bits per heavy atom. The number of rotatable bonds is 6. The Kier molecular flexibility index (Phi) is 5.63. The zero-order chi connectivity index (χ0) is 16.8. The molecule has 0 amide bonds. The number of nitrogens with one attached hydrogen (secondary N) is 1. The number of unbranched alkanes of at least 4 members (excludes halogenated alkanes) is 1. The van der Waals surface area contributed by atoms with Gasteiger partial charge in [0.2, 0.25) is 0 Å². The van der Waals surface area contributed by atoms with Crippen molar-refractivity contribution in [2.45, 2.75) is 26.7 Å². The lowest BCUT2D eigenvalue weighted by atomic mass is 10.1. The van der Waals surface area contributed by atoms with Crippen LogP contribution in [0.3, 0.4) is 0 Å². The van der Waals surface area contributed by atoms with Gasteiger partial charge in [0, 0.05) is 49.8 Å². The van der Waals surface area contributed by atoms with Crippen LogP contribution in [-0.4, -0.2) is 32.7 Å². The normalized spacial score (nSPS) is 14.8. The highest BCUT2D eigenvalue weighted by molar-refractivity contribution is 5.57. The SMILES string of the molecule is CCCCNc1ccc(N2CCN(c3cccc(C)c3)CC2)cc1. The molecule has 1 heterocycles. The minimum absolute atomic E-state index is 1.06. The average Bonchev–Trinajstić information content (AvgIpc) is 2.63. The Morgan fingerprint density at radius 2 is 1.54 bits per heavy atom. The van der Waals surface area contributed by atoms with Crippen LogP contribution in [0.25, 0.3) is 0 Å². The summed E-state index contributed by atoms with van der Waals surface area (Å²) in [7, 11) is 0. The van der Waals surface area contributed by atoms with Gasteiger partial charge in [-0.1, -0.05) is 25.5 Å². The Bertz CT molecular complexity index is 628. The molecular formula is C21H29N3. The third-order valence-corrected chi connectivity index (χ3v) is 4.74. The number of hydrogen-bond donors (Lipinski definition) is 1. The summed E-state index contributed by atoms with van der Waals surface area (Å²) >= 11 is 0. The van der Waals surface area contributed by atoms with Gasteiger partial charge in [-0.3, -0.25) is 0 Å². The topological polar surface area (TPSA) is 18.5 Å². The highest BCUT2D eigenvalue weighted by Crippen LogP contribution is 2.22. The summed E-state index contributed by atoms with van der Waals surface area (Å²) in [5.74, 6) is 0. The Labute approximate surface area is 146 Å². The summed E-state index contributed by atoms with van der Waals surface area (Å²) in [5.41, 5.74) is 5.25. The largest absolute Gasteiger partial charge is 0.385 e.